The van der Waals surface area contributed by atoms with Crippen molar-refractivity contribution in [3.63, 3.8) is 0 Å². The van der Waals surface area contributed by atoms with E-state index in [1.54, 1.807) is 24.3 Å². The molecule has 1 aliphatic carbocycles. The Hall–Kier alpha value is -2.12. The van der Waals surface area contributed by atoms with E-state index in [0.717, 1.165) is 25.7 Å². The molecule has 2 amide bonds. The second kappa shape index (κ2) is 8.50. The molecule has 5 N–H and O–H groups in total. The van der Waals surface area contributed by atoms with E-state index < -0.39 is 6.10 Å². The molecule has 1 aromatic carbocycles. The van der Waals surface area contributed by atoms with Crippen LogP contribution in [-0.4, -0.2) is 42.2 Å². The van der Waals surface area contributed by atoms with Crippen LogP contribution in [0.4, 0.5) is 5.69 Å². The zero-order valence-corrected chi connectivity index (χ0v) is 13.0. The summed E-state index contributed by atoms with van der Waals surface area (Å²) in [5.41, 5.74) is 5.74. The van der Waals surface area contributed by atoms with Gasteiger partial charge in [0.1, 0.15) is 11.9 Å². The number of ether oxygens (including phenoxy) is 1. The Kier molecular flexibility index (Phi) is 6.37. The Morgan fingerprint density at radius 2 is 1.87 bits per heavy atom. The zero-order valence-electron chi connectivity index (χ0n) is 13.0. The second-order valence-electron chi connectivity index (χ2n) is 5.56. The summed E-state index contributed by atoms with van der Waals surface area (Å²) in [7, 11) is 0. The van der Waals surface area contributed by atoms with Crippen LogP contribution >= 0.6 is 0 Å². The van der Waals surface area contributed by atoms with E-state index in [2.05, 4.69) is 10.6 Å². The first-order chi connectivity index (χ1) is 11.1. The molecule has 2 atom stereocenters. The molecule has 0 radical (unpaired) electrons. The molecule has 0 aliphatic heterocycles. The lowest BCUT2D eigenvalue weighted by Crippen LogP contribution is -2.36. The molecule has 1 saturated carbocycles. The van der Waals surface area contributed by atoms with Gasteiger partial charge in [0.15, 0.2) is 0 Å². The average Bonchev–Trinajstić information content (AvgIpc) is 2.56. The molecule has 0 heterocycles. The molecule has 1 fully saturated rings. The van der Waals surface area contributed by atoms with Gasteiger partial charge < -0.3 is 26.2 Å². The molecular formula is C16H23N3O4. The summed E-state index contributed by atoms with van der Waals surface area (Å²) in [5.74, 6) is -0.0523. The van der Waals surface area contributed by atoms with Crippen molar-refractivity contribution in [3.05, 3.63) is 24.3 Å². The molecule has 0 saturated heterocycles. The fourth-order valence-electron chi connectivity index (χ4n) is 2.46. The smallest absolute Gasteiger partial charge is 0.243 e. The number of aliphatic hydroxyl groups is 1. The molecule has 1 aliphatic rings. The zero-order chi connectivity index (χ0) is 16.7. The maximum Gasteiger partial charge on any atom is 0.243 e. The Morgan fingerprint density at radius 1 is 1.17 bits per heavy atom. The highest BCUT2D eigenvalue weighted by molar-refractivity contribution is 5.94. The Labute approximate surface area is 135 Å². The van der Waals surface area contributed by atoms with Gasteiger partial charge in [-0.05, 0) is 43.5 Å². The summed E-state index contributed by atoms with van der Waals surface area (Å²) in [4.78, 5) is 22.6. The summed E-state index contributed by atoms with van der Waals surface area (Å²) in [5, 5.41) is 15.0. The number of carbonyl (C=O) groups excluding carboxylic acids is 2. The van der Waals surface area contributed by atoms with E-state index in [9.17, 15) is 14.7 Å². The molecule has 0 spiro atoms. The number of aliphatic hydroxyl groups excluding tert-OH is 1. The van der Waals surface area contributed by atoms with Crippen LogP contribution in [0.15, 0.2) is 24.3 Å². The van der Waals surface area contributed by atoms with Gasteiger partial charge in [-0.3, -0.25) is 9.59 Å². The van der Waals surface area contributed by atoms with Crippen LogP contribution in [0.25, 0.3) is 0 Å². The number of hydrogen-bond acceptors (Lipinski definition) is 5. The van der Waals surface area contributed by atoms with Crippen molar-refractivity contribution < 1.29 is 19.4 Å². The fraction of sp³-hybridized carbons (Fsp3) is 0.500. The predicted molar refractivity (Wildman–Crippen MR) is 86.0 cm³/mol. The third-order valence-electron chi connectivity index (χ3n) is 3.72. The van der Waals surface area contributed by atoms with Gasteiger partial charge in [0.2, 0.25) is 11.8 Å². The van der Waals surface area contributed by atoms with E-state index >= 15 is 0 Å². The van der Waals surface area contributed by atoms with Crippen LogP contribution in [0.5, 0.6) is 5.75 Å². The minimum Gasteiger partial charge on any atom is -0.488 e. The number of amides is 2. The third kappa shape index (κ3) is 5.54. The van der Waals surface area contributed by atoms with Gasteiger partial charge in [0.05, 0.1) is 19.2 Å². The number of carbonyl (C=O) groups is 2. The van der Waals surface area contributed by atoms with Crippen LogP contribution < -0.4 is 21.1 Å². The molecule has 7 nitrogen and oxygen atoms in total. The van der Waals surface area contributed by atoms with Crippen molar-refractivity contribution in [1.82, 2.24) is 5.32 Å². The molecule has 2 rings (SSSR count). The van der Waals surface area contributed by atoms with E-state index in [1.165, 1.54) is 0 Å². The topological polar surface area (TPSA) is 114 Å². The lowest BCUT2D eigenvalue weighted by Gasteiger charge is -2.28. The SMILES string of the molecule is NCC(=O)NCC(=O)Nc1ccc(OC2CCCCC2O)cc1. The van der Waals surface area contributed by atoms with Crippen LogP contribution in [0.2, 0.25) is 0 Å². The van der Waals surface area contributed by atoms with E-state index in [-0.39, 0.29) is 31.0 Å². The van der Waals surface area contributed by atoms with Crippen molar-refractivity contribution in [2.75, 3.05) is 18.4 Å². The average molecular weight is 321 g/mol. The number of nitrogens with two attached hydrogens (primary N) is 1. The van der Waals surface area contributed by atoms with Gasteiger partial charge in [-0.1, -0.05) is 6.42 Å². The monoisotopic (exact) mass is 321 g/mol. The Balaban J connectivity index is 1.82. The van der Waals surface area contributed by atoms with Crippen molar-refractivity contribution in [2.45, 2.75) is 37.9 Å². The first-order valence-electron chi connectivity index (χ1n) is 7.80. The van der Waals surface area contributed by atoms with E-state index in [0.29, 0.717) is 11.4 Å². The minimum atomic E-state index is -0.422. The largest absolute Gasteiger partial charge is 0.488 e. The van der Waals surface area contributed by atoms with Crippen molar-refractivity contribution in [1.29, 1.82) is 0 Å². The highest BCUT2D eigenvalue weighted by atomic mass is 16.5. The first-order valence-corrected chi connectivity index (χ1v) is 7.80. The first kappa shape index (κ1) is 17.2. The Bertz CT molecular complexity index is 533. The minimum absolute atomic E-state index is 0.122. The Morgan fingerprint density at radius 3 is 2.52 bits per heavy atom. The molecule has 126 valence electrons. The molecule has 0 bridgehead atoms. The van der Waals surface area contributed by atoms with Gasteiger partial charge in [-0.2, -0.15) is 0 Å². The summed E-state index contributed by atoms with van der Waals surface area (Å²) in [6, 6.07) is 6.92. The van der Waals surface area contributed by atoms with E-state index in [4.69, 9.17) is 10.5 Å². The van der Waals surface area contributed by atoms with Gasteiger partial charge in [0.25, 0.3) is 0 Å². The quantitative estimate of drug-likeness (QED) is 0.605. The lowest BCUT2D eigenvalue weighted by atomic mass is 9.95. The fourth-order valence-corrected chi connectivity index (χ4v) is 2.46. The second-order valence-corrected chi connectivity index (χ2v) is 5.56. The molecule has 1 aromatic rings. The predicted octanol–water partition coefficient (Wildman–Crippen LogP) is 0.382. The van der Waals surface area contributed by atoms with Crippen LogP contribution in [0.3, 0.4) is 0 Å². The highest BCUT2D eigenvalue weighted by Gasteiger charge is 2.24. The molecule has 0 aromatic heterocycles. The number of hydrogen-bond donors (Lipinski definition) is 4. The number of benzene rings is 1. The highest BCUT2D eigenvalue weighted by Crippen LogP contribution is 2.24. The maximum atomic E-state index is 11.6. The van der Waals surface area contributed by atoms with Gasteiger partial charge in [0, 0.05) is 5.69 Å². The van der Waals surface area contributed by atoms with Gasteiger partial charge >= 0.3 is 0 Å². The summed E-state index contributed by atoms with van der Waals surface area (Å²) >= 11 is 0. The van der Waals surface area contributed by atoms with E-state index in [1.807, 2.05) is 0 Å². The summed E-state index contributed by atoms with van der Waals surface area (Å²) < 4.78 is 5.79. The maximum absolute atomic E-state index is 11.6. The van der Waals surface area contributed by atoms with Crippen LogP contribution in [-0.2, 0) is 9.59 Å². The molecule has 2 unspecified atom stereocenters. The third-order valence-corrected chi connectivity index (χ3v) is 3.72. The number of nitrogens with one attached hydrogen (secondary N) is 2. The summed E-state index contributed by atoms with van der Waals surface area (Å²) in [6.07, 6.45) is 3.12. The standard InChI is InChI=1S/C16H23N3O4/c17-9-15(21)18-10-16(22)19-11-5-7-12(8-6-11)23-14-4-2-1-3-13(14)20/h5-8,13-14,20H,1-4,9-10,17H2,(H,18,21)(H,19,22). The molecule has 23 heavy (non-hydrogen) atoms. The lowest BCUT2D eigenvalue weighted by molar-refractivity contribution is -0.123. The molecular weight excluding hydrogens is 298 g/mol. The van der Waals surface area contributed by atoms with Crippen LogP contribution in [0, 0.1) is 0 Å². The van der Waals surface area contributed by atoms with Crippen LogP contribution in [0.1, 0.15) is 25.7 Å². The number of rotatable bonds is 6. The van der Waals surface area contributed by atoms with Crippen molar-refractivity contribution in [3.8, 4) is 5.75 Å². The van der Waals surface area contributed by atoms with Crippen molar-refractivity contribution in [2.24, 2.45) is 5.73 Å². The van der Waals surface area contributed by atoms with Gasteiger partial charge in [-0.25, -0.2) is 0 Å². The van der Waals surface area contributed by atoms with Gasteiger partial charge in [-0.15, -0.1) is 0 Å². The van der Waals surface area contributed by atoms with Crippen molar-refractivity contribution >= 4 is 17.5 Å². The summed E-state index contributed by atoms with van der Waals surface area (Å²) in [6.45, 7) is -0.269. The number of anilines is 1. The molecule has 7 heteroatoms. The normalized spacial score (nSPS) is 20.6.